The molecule has 0 aliphatic rings. The summed E-state index contributed by atoms with van der Waals surface area (Å²) in [4.78, 5) is 0. The van der Waals surface area contributed by atoms with Gasteiger partial charge in [0.1, 0.15) is 11.9 Å². The Labute approximate surface area is 133 Å². The number of ether oxygens (including phenoxy) is 1. The van der Waals surface area contributed by atoms with Crippen molar-refractivity contribution in [2.45, 2.75) is 13.0 Å². The van der Waals surface area contributed by atoms with E-state index in [-0.39, 0.29) is 6.10 Å². The number of nitrogens with one attached hydrogen (secondary N) is 1. The molecule has 0 aliphatic heterocycles. The van der Waals surface area contributed by atoms with Crippen LogP contribution >= 0.6 is 34.8 Å². The number of halogens is 3. The number of hydrogen-bond donors (Lipinski definition) is 1. The largest absolute Gasteiger partial charge is 0.487 e. The number of rotatable bonds is 5. The van der Waals surface area contributed by atoms with Crippen molar-refractivity contribution in [2.75, 3.05) is 11.9 Å². The van der Waals surface area contributed by atoms with Gasteiger partial charge in [0.15, 0.2) is 0 Å². The molecule has 0 saturated carbocycles. The fourth-order valence-electron chi connectivity index (χ4n) is 1.69. The van der Waals surface area contributed by atoms with E-state index in [1.807, 2.05) is 31.2 Å². The molecule has 1 N–H and O–H groups in total. The van der Waals surface area contributed by atoms with E-state index in [2.05, 4.69) is 5.32 Å². The number of anilines is 1. The molecule has 5 heteroatoms. The van der Waals surface area contributed by atoms with Crippen molar-refractivity contribution in [3.05, 3.63) is 57.5 Å². The zero-order valence-electron chi connectivity index (χ0n) is 10.9. The van der Waals surface area contributed by atoms with Gasteiger partial charge in [-0.1, -0.05) is 46.9 Å². The predicted octanol–water partition coefficient (Wildman–Crippen LogP) is 5.53. The van der Waals surface area contributed by atoms with Crippen LogP contribution in [0.3, 0.4) is 0 Å². The topological polar surface area (TPSA) is 21.3 Å². The summed E-state index contributed by atoms with van der Waals surface area (Å²) in [7, 11) is 0. The van der Waals surface area contributed by atoms with Gasteiger partial charge in [-0.15, -0.1) is 0 Å². The zero-order chi connectivity index (χ0) is 14.5. The van der Waals surface area contributed by atoms with Gasteiger partial charge in [-0.2, -0.15) is 0 Å². The molecule has 0 radical (unpaired) electrons. The molecule has 20 heavy (non-hydrogen) atoms. The quantitative estimate of drug-likeness (QED) is 0.778. The van der Waals surface area contributed by atoms with E-state index in [0.717, 1.165) is 5.69 Å². The van der Waals surface area contributed by atoms with Gasteiger partial charge in [0.05, 0.1) is 22.3 Å². The summed E-state index contributed by atoms with van der Waals surface area (Å²) in [6.07, 6.45) is -0.0540. The molecular weight excluding hydrogens is 317 g/mol. The molecule has 2 rings (SSSR count). The van der Waals surface area contributed by atoms with Crippen LogP contribution in [-0.2, 0) is 0 Å². The fraction of sp³-hybridized carbons (Fsp3) is 0.200. The Morgan fingerprint density at radius 1 is 1.05 bits per heavy atom. The second-order valence-corrected chi connectivity index (χ2v) is 5.61. The summed E-state index contributed by atoms with van der Waals surface area (Å²) in [5.74, 6) is 0.672. The number of benzene rings is 2. The number of hydrogen-bond acceptors (Lipinski definition) is 2. The maximum absolute atomic E-state index is 6.09. The van der Waals surface area contributed by atoms with Crippen LogP contribution in [0.2, 0.25) is 15.1 Å². The fourth-order valence-corrected chi connectivity index (χ4v) is 2.34. The van der Waals surface area contributed by atoms with E-state index >= 15 is 0 Å². The van der Waals surface area contributed by atoms with E-state index < -0.39 is 0 Å². The van der Waals surface area contributed by atoms with Gasteiger partial charge in [-0.3, -0.25) is 0 Å². The Kier molecular flexibility index (Phi) is 5.41. The van der Waals surface area contributed by atoms with Crippen molar-refractivity contribution in [3.8, 4) is 5.75 Å². The summed E-state index contributed by atoms with van der Waals surface area (Å²) < 4.78 is 5.77. The van der Waals surface area contributed by atoms with Crippen LogP contribution < -0.4 is 10.1 Å². The van der Waals surface area contributed by atoms with E-state index in [9.17, 15) is 0 Å². The SMILES string of the molecule is CC(CNc1ccc(Cl)cc1Cl)Oc1ccccc1Cl. The molecule has 1 unspecified atom stereocenters. The summed E-state index contributed by atoms with van der Waals surface area (Å²) in [5.41, 5.74) is 0.825. The Balaban J connectivity index is 1.92. The lowest BCUT2D eigenvalue weighted by molar-refractivity contribution is 0.235. The lowest BCUT2D eigenvalue weighted by Gasteiger charge is -2.17. The van der Waals surface area contributed by atoms with Crippen molar-refractivity contribution in [2.24, 2.45) is 0 Å². The van der Waals surface area contributed by atoms with Gasteiger partial charge in [-0.25, -0.2) is 0 Å². The molecular formula is C15H14Cl3NO. The Morgan fingerprint density at radius 3 is 2.50 bits per heavy atom. The highest BCUT2D eigenvalue weighted by molar-refractivity contribution is 6.36. The lowest BCUT2D eigenvalue weighted by Crippen LogP contribution is -2.22. The molecule has 0 fully saturated rings. The maximum atomic E-state index is 6.09. The highest BCUT2D eigenvalue weighted by atomic mass is 35.5. The van der Waals surface area contributed by atoms with E-state index in [1.54, 1.807) is 18.2 Å². The zero-order valence-corrected chi connectivity index (χ0v) is 13.1. The van der Waals surface area contributed by atoms with Gasteiger partial charge in [0.25, 0.3) is 0 Å². The van der Waals surface area contributed by atoms with E-state index in [1.165, 1.54) is 0 Å². The second kappa shape index (κ2) is 7.07. The molecule has 0 bridgehead atoms. The lowest BCUT2D eigenvalue weighted by atomic mass is 10.3. The first-order valence-electron chi connectivity index (χ1n) is 6.16. The summed E-state index contributed by atoms with van der Waals surface area (Å²) in [6, 6.07) is 12.7. The monoisotopic (exact) mass is 329 g/mol. The molecule has 1 atom stereocenters. The summed E-state index contributed by atoms with van der Waals surface area (Å²) in [6.45, 7) is 2.56. The molecule has 2 nitrogen and oxygen atoms in total. The normalized spacial score (nSPS) is 12.0. The first kappa shape index (κ1) is 15.3. The molecule has 106 valence electrons. The minimum Gasteiger partial charge on any atom is -0.487 e. The van der Waals surface area contributed by atoms with Crippen LogP contribution in [0, 0.1) is 0 Å². The highest BCUT2D eigenvalue weighted by Gasteiger charge is 2.08. The van der Waals surface area contributed by atoms with Gasteiger partial charge in [0, 0.05) is 5.02 Å². The average molecular weight is 331 g/mol. The molecule has 0 aromatic heterocycles. The van der Waals surface area contributed by atoms with Crippen LogP contribution in [-0.4, -0.2) is 12.6 Å². The maximum Gasteiger partial charge on any atom is 0.138 e. The van der Waals surface area contributed by atoms with Crippen molar-refractivity contribution < 1.29 is 4.74 Å². The molecule has 2 aromatic carbocycles. The summed E-state index contributed by atoms with van der Waals surface area (Å²) >= 11 is 18.0. The smallest absolute Gasteiger partial charge is 0.138 e. The third-order valence-electron chi connectivity index (χ3n) is 2.68. The molecule has 0 amide bonds. The molecule has 0 heterocycles. The van der Waals surface area contributed by atoms with Crippen LogP contribution in [0.25, 0.3) is 0 Å². The van der Waals surface area contributed by atoms with Gasteiger partial charge < -0.3 is 10.1 Å². The van der Waals surface area contributed by atoms with Gasteiger partial charge >= 0.3 is 0 Å². The second-order valence-electron chi connectivity index (χ2n) is 4.36. The first-order valence-corrected chi connectivity index (χ1v) is 7.30. The van der Waals surface area contributed by atoms with Gasteiger partial charge in [-0.05, 0) is 37.3 Å². The van der Waals surface area contributed by atoms with Crippen LogP contribution in [0.5, 0.6) is 5.75 Å². The molecule has 0 saturated heterocycles. The highest BCUT2D eigenvalue weighted by Crippen LogP contribution is 2.26. The first-order chi connectivity index (χ1) is 9.56. The number of para-hydroxylation sites is 1. The minimum atomic E-state index is -0.0540. The Hall–Kier alpha value is -1.09. The predicted molar refractivity (Wildman–Crippen MR) is 86.5 cm³/mol. The van der Waals surface area contributed by atoms with Crippen molar-refractivity contribution >= 4 is 40.5 Å². The van der Waals surface area contributed by atoms with Crippen molar-refractivity contribution in [1.82, 2.24) is 0 Å². The molecule has 2 aromatic rings. The molecule has 0 aliphatic carbocycles. The average Bonchev–Trinajstić information content (AvgIpc) is 2.40. The molecule has 0 spiro atoms. The van der Waals surface area contributed by atoms with E-state index in [0.29, 0.717) is 27.4 Å². The van der Waals surface area contributed by atoms with Gasteiger partial charge in [0.2, 0.25) is 0 Å². The summed E-state index contributed by atoms with van der Waals surface area (Å²) in [5, 5.41) is 5.02. The Bertz CT molecular complexity index is 589. The van der Waals surface area contributed by atoms with Crippen molar-refractivity contribution in [3.63, 3.8) is 0 Å². The standard InChI is InChI=1S/C15H14Cl3NO/c1-10(20-15-5-3-2-4-12(15)17)9-19-14-7-6-11(16)8-13(14)18/h2-8,10,19H,9H2,1H3. The van der Waals surface area contributed by atoms with Crippen LogP contribution in [0.1, 0.15) is 6.92 Å². The minimum absolute atomic E-state index is 0.0540. The van der Waals surface area contributed by atoms with E-state index in [4.69, 9.17) is 39.5 Å². The van der Waals surface area contributed by atoms with Crippen LogP contribution in [0.4, 0.5) is 5.69 Å². The third kappa shape index (κ3) is 4.20. The third-order valence-corrected chi connectivity index (χ3v) is 3.54. The van der Waals surface area contributed by atoms with Crippen LogP contribution in [0.15, 0.2) is 42.5 Å². The van der Waals surface area contributed by atoms with Crippen molar-refractivity contribution in [1.29, 1.82) is 0 Å². The Morgan fingerprint density at radius 2 is 1.80 bits per heavy atom.